The van der Waals surface area contributed by atoms with Crippen LogP contribution in [0.1, 0.15) is 16.1 Å². The third-order valence-electron chi connectivity index (χ3n) is 2.35. The maximum atomic E-state index is 13.6. The van der Waals surface area contributed by atoms with Gasteiger partial charge in [0.1, 0.15) is 5.82 Å². The first-order valence-corrected chi connectivity index (χ1v) is 5.10. The minimum absolute atomic E-state index is 0.00483. The molecule has 0 saturated carbocycles. The van der Waals surface area contributed by atoms with Gasteiger partial charge in [-0.25, -0.2) is 4.39 Å². The lowest BCUT2D eigenvalue weighted by molar-refractivity contribution is 0.100. The number of aromatic nitrogens is 1. The minimum atomic E-state index is -0.713. The van der Waals surface area contributed by atoms with E-state index in [1.807, 2.05) is 0 Å². The molecular formula is C11H11FN4O2. The van der Waals surface area contributed by atoms with Crippen LogP contribution in [0.3, 0.4) is 0 Å². The zero-order valence-corrected chi connectivity index (χ0v) is 9.31. The van der Waals surface area contributed by atoms with Crippen molar-refractivity contribution in [2.24, 2.45) is 5.73 Å². The molecule has 0 radical (unpaired) electrons. The number of amides is 1. The maximum absolute atomic E-state index is 13.6. The van der Waals surface area contributed by atoms with Crippen molar-refractivity contribution < 1.29 is 13.7 Å². The van der Waals surface area contributed by atoms with E-state index in [2.05, 4.69) is 10.5 Å². The van der Waals surface area contributed by atoms with E-state index in [0.29, 0.717) is 5.76 Å². The van der Waals surface area contributed by atoms with Crippen molar-refractivity contribution in [1.29, 1.82) is 0 Å². The second kappa shape index (κ2) is 4.74. The van der Waals surface area contributed by atoms with E-state index in [9.17, 15) is 9.18 Å². The number of carbonyl (C=O) groups is 1. The highest BCUT2D eigenvalue weighted by Gasteiger charge is 2.12. The largest absolute Gasteiger partial charge is 0.398 e. The summed E-state index contributed by atoms with van der Waals surface area (Å²) in [6.45, 7) is 0.235. The lowest BCUT2D eigenvalue weighted by Crippen LogP contribution is -2.14. The molecule has 0 bridgehead atoms. The lowest BCUT2D eigenvalue weighted by Gasteiger charge is -2.09. The molecule has 0 saturated heterocycles. The van der Waals surface area contributed by atoms with Gasteiger partial charge < -0.3 is 21.3 Å². The summed E-state index contributed by atoms with van der Waals surface area (Å²) in [7, 11) is 0. The summed E-state index contributed by atoms with van der Waals surface area (Å²) in [4.78, 5) is 11.1. The van der Waals surface area contributed by atoms with Gasteiger partial charge in [0, 0.05) is 11.8 Å². The van der Waals surface area contributed by atoms with Gasteiger partial charge in [0.05, 0.1) is 24.0 Å². The number of nitrogen functional groups attached to an aromatic ring is 1. The summed E-state index contributed by atoms with van der Waals surface area (Å²) in [5, 5.41) is 6.28. The number of carbonyl (C=O) groups excluding carboxylic acids is 1. The highest BCUT2D eigenvalue weighted by Crippen LogP contribution is 2.22. The molecule has 0 fully saturated rings. The van der Waals surface area contributed by atoms with Crippen LogP contribution >= 0.6 is 0 Å². The van der Waals surface area contributed by atoms with Crippen LogP contribution in [0.5, 0.6) is 0 Å². The van der Waals surface area contributed by atoms with E-state index in [1.165, 1.54) is 12.3 Å². The van der Waals surface area contributed by atoms with Gasteiger partial charge in [0.25, 0.3) is 5.91 Å². The molecule has 1 heterocycles. The molecule has 0 spiro atoms. The molecule has 1 aromatic carbocycles. The molecule has 1 aromatic heterocycles. The molecule has 2 aromatic rings. The van der Waals surface area contributed by atoms with E-state index in [-0.39, 0.29) is 23.5 Å². The molecule has 0 aliphatic heterocycles. The van der Waals surface area contributed by atoms with Crippen LogP contribution in [0.15, 0.2) is 28.9 Å². The first kappa shape index (κ1) is 11.9. The van der Waals surface area contributed by atoms with Gasteiger partial charge in [0.2, 0.25) is 0 Å². The Morgan fingerprint density at radius 2 is 2.28 bits per heavy atom. The number of halogens is 1. The number of nitrogens with two attached hydrogens (primary N) is 2. The average molecular weight is 250 g/mol. The SMILES string of the molecule is NC(=O)c1cc(NCc2ccno2)c(F)cc1N. The first-order valence-electron chi connectivity index (χ1n) is 5.10. The summed E-state index contributed by atoms with van der Waals surface area (Å²) in [5.74, 6) is -0.751. The molecule has 18 heavy (non-hydrogen) atoms. The van der Waals surface area contributed by atoms with Crippen LogP contribution in [-0.2, 0) is 6.54 Å². The molecular weight excluding hydrogens is 239 g/mol. The van der Waals surface area contributed by atoms with E-state index < -0.39 is 11.7 Å². The summed E-state index contributed by atoms with van der Waals surface area (Å²) in [6.07, 6.45) is 1.48. The molecule has 1 amide bonds. The Balaban J connectivity index is 2.22. The molecule has 94 valence electrons. The molecule has 0 aliphatic rings. The van der Waals surface area contributed by atoms with Crippen LogP contribution in [-0.4, -0.2) is 11.1 Å². The highest BCUT2D eigenvalue weighted by molar-refractivity contribution is 5.99. The number of anilines is 2. The van der Waals surface area contributed by atoms with E-state index in [0.717, 1.165) is 6.07 Å². The van der Waals surface area contributed by atoms with Gasteiger partial charge in [-0.05, 0) is 12.1 Å². The van der Waals surface area contributed by atoms with Crippen molar-refractivity contribution >= 4 is 17.3 Å². The van der Waals surface area contributed by atoms with E-state index in [4.69, 9.17) is 16.0 Å². The molecule has 0 unspecified atom stereocenters. The summed E-state index contributed by atoms with van der Waals surface area (Å²) in [5.41, 5.74) is 10.8. The van der Waals surface area contributed by atoms with Gasteiger partial charge >= 0.3 is 0 Å². The number of rotatable bonds is 4. The van der Waals surface area contributed by atoms with Crippen LogP contribution in [0.2, 0.25) is 0 Å². The summed E-state index contributed by atoms with van der Waals surface area (Å²) < 4.78 is 18.4. The Kier molecular flexibility index (Phi) is 3.13. The standard InChI is InChI=1S/C11H11FN4O2/c12-8-4-9(13)7(11(14)17)3-10(8)15-5-6-1-2-16-18-6/h1-4,15H,5,13H2,(H2,14,17). The van der Waals surface area contributed by atoms with Crippen molar-refractivity contribution in [2.45, 2.75) is 6.54 Å². The lowest BCUT2D eigenvalue weighted by atomic mass is 10.1. The molecule has 0 aliphatic carbocycles. The zero-order chi connectivity index (χ0) is 13.1. The van der Waals surface area contributed by atoms with Crippen molar-refractivity contribution in [3.8, 4) is 0 Å². The Labute approximate surface area is 102 Å². The third-order valence-corrected chi connectivity index (χ3v) is 2.35. The maximum Gasteiger partial charge on any atom is 0.250 e. The quantitative estimate of drug-likeness (QED) is 0.704. The number of hydrogen-bond acceptors (Lipinski definition) is 5. The highest BCUT2D eigenvalue weighted by atomic mass is 19.1. The minimum Gasteiger partial charge on any atom is -0.398 e. The van der Waals surface area contributed by atoms with Crippen LogP contribution in [0.4, 0.5) is 15.8 Å². The fourth-order valence-corrected chi connectivity index (χ4v) is 1.45. The molecule has 2 rings (SSSR count). The van der Waals surface area contributed by atoms with Crippen molar-refractivity contribution in [1.82, 2.24) is 5.16 Å². The van der Waals surface area contributed by atoms with Crippen molar-refractivity contribution in [3.05, 3.63) is 41.5 Å². The molecule has 5 N–H and O–H groups in total. The van der Waals surface area contributed by atoms with Gasteiger partial charge in [-0.15, -0.1) is 0 Å². The van der Waals surface area contributed by atoms with Crippen LogP contribution < -0.4 is 16.8 Å². The Bertz CT molecular complexity index is 569. The number of benzene rings is 1. The predicted molar refractivity (Wildman–Crippen MR) is 63.2 cm³/mol. The van der Waals surface area contributed by atoms with Gasteiger partial charge in [-0.1, -0.05) is 5.16 Å². The fourth-order valence-electron chi connectivity index (χ4n) is 1.45. The van der Waals surface area contributed by atoms with E-state index >= 15 is 0 Å². The third kappa shape index (κ3) is 2.40. The smallest absolute Gasteiger partial charge is 0.250 e. The molecule has 7 heteroatoms. The van der Waals surface area contributed by atoms with Gasteiger partial charge in [-0.2, -0.15) is 0 Å². The Morgan fingerprint density at radius 3 is 2.89 bits per heavy atom. The van der Waals surface area contributed by atoms with E-state index in [1.54, 1.807) is 6.07 Å². The number of hydrogen-bond donors (Lipinski definition) is 3. The normalized spacial score (nSPS) is 10.3. The first-order chi connectivity index (χ1) is 8.58. The van der Waals surface area contributed by atoms with Crippen LogP contribution in [0.25, 0.3) is 0 Å². The Morgan fingerprint density at radius 1 is 1.50 bits per heavy atom. The van der Waals surface area contributed by atoms with Gasteiger partial charge in [0.15, 0.2) is 5.76 Å². The predicted octanol–water partition coefficient (Wildman–Crippen LogP) is 1.11. The molecule has 0 atom stereocenters. The number of nitrogens with one attached hydrogen (secondary N) is 1. The summed E-state index contributed by atoms with van der Waals surface area (Å²) >= 11 is 0. The van der Waals surface area contributed by atoms with Crippen LogP contribution in [0, 0.1) is 5.82 Å². The average Bonchev–Trinajstić information content (AvgIpc) is 2.80. The van der Waals surface area contributed by atoms with Gasteiger partial charge in [-0.3, -0.25) is 4.79 Å². The topological polar surface area (TPSA) is 107 Å². The number of primary amides is 1. The fraction of sp³-hybridized carbons (Fsp3) is 0.0909. The second-order valence-corrected chi connectivity index (χ2v) is 3.62. The second-order valence-electron chi connectivity index (χ2n) is 3.62. The monoisotopic (exact) mass is 250 g/mol. The van der Waals surface area contributed by atoms with Crippen molar-refractivity contribution in [3.63, 3.8) is 0 Å². The molecule has 6 nitrogen and oxygen atoms in total. The summed E-state index contributed by atoms with van der Waals surface area (Å²) in [6, 6.07) is 3.95. The Hall–Kier alpha value is -2.57. The zero-order valence-electron chi connectivity index (χ0n) is 9.31. The van der Waals surface area contributed by atoms with Crippen molar-refractivity contribution in [2.75, 3.05) is 11.1 Å². The number of nitrogens with zero attached hydrogens (tertiary/aromatic N) is 1.